The molecule has 1 saturated carbocycles. The van der Waals surface area contributed by atoms with E-state index in [1.54, 1.807) is 12.1 Å². The summed E-state index contributed by atoms with van der Waals surface area (Å²) in [4.78, 5) is 24.6. The second-order valence-corrected chi connectivity index (χ2v) is 12.3. The van der Waals surface area contributed by atoms with Gasteiger partial charge >= 0.3 is 0 Å². The summed E-state index contributed by atoms with van der Waals surface area (Å²) < 4.78 is 27.5. The highest BCUT2D eigenvalue weighted by atomic mass is 32.2. The second kappa shape index (κ2) is 12.7. The van der Waals surface area contributed by atoms with Crippen LogP contribution in [0.15, 0.2) is 53.4 Å². The Morgan fingerprint density at radius 1 is 0.897 bits per heavy atom. The molecule has 1 aromatic heterocycles. The number of hydrogen-bond donors (Lipinski definition) is 2. The normalized spacial score (nSPS) is 17.8. The maximum absolute atomic E-state index is 13.0. The fraction of sp³-hybridized carbons (Fsp3) is 0.483. The third kappa shape index (κ3) is 6.86. The van der Waals surface area contributed by atoms with E-state index in [4.69, 9.17) is 9.97 Å². The van der Waals surface area contributed by atoms with Crippen molar-refractivity contribution in [1.82, 2.24) is 19.6 Å². The molecule has 1 amide bonds. The van der Waals surface area contributed by atoms with Gasteiger partial charge in [-0.3, -0.25) is 4.79 Å². The van der Waals surface area contributed by atoms with E-state index in [2.05, 4.69) is 10.6 Å². The number of anilines is 2. The van der Waals surface area contributed by atoms with Gasteiger partial charge in [-0.25, -0.2) is 13.4 Å². The van der Waals surface area contributed by atoms with Crippen LogP contribution in [-0.4, -0.2) is 67.9 Å². The average molecular weight is 553 g/mol. The van der Waals surface area contributed by atoms with Gasteiger partial charge in [0.2, 0.25) is 16.0 Å². The van der Waals surface area contributed by atoms with Gasteiger partial charge in [0.15, 0.2) is 0 Å². The molecule has 210 valence electrons. The van der Waals surface area contributed by atoms with Gasteiger partial charge in [0.25, 0.3) is 5.91 Å². The van der Waals surface area contributed by atoms with Crippen LogP contribution >= 0.6 is 0 Å². The number of hydrogen-bond acceptors (Lipinski definition) is 7. The minimum atomic E-state index is -3.57. The lowest BCUT2D eigenvalue weighted by Gasteiger charge is -2.30. The van der Waals surface area contributed by atoms with E-state index in [1.807, 2.05) is 57.1 Å². The molecule has 0 saturated heterocycles. The Hall–Kier alpha value is -3.24. The molecule has 2 aromatic carbocycles. The molecular weight excluding hydrogens is 512 g/mol. The Kier molecular flexibility index (Phi) is 9.40. The van der Waals surface area contributed by atoms with Crippen LogP contribution < -0.4 is 15.5 Å². The van der Waals surface area contributed by atoms with E-state index in [9.17, 15) is 13.2 Å². The van der Waals surface area contributed by atoms with Crippen molar-refractivity contribution in [2.24, 2.45) is 0 Å². The number of amides is 1. The van der Waals surface area contributed by atoms with Gasteiger partial charge in [0.1, 0.15) is 5.82 Å². The van der Waals surface area contributed by atoms with Crippen molar-refractivity contribution in [3.63, 3.8) is 0 Å². The van der Waals surface area contributed by atoms with Gasteiger partial charge < -0.3 is 15.5 Å². The van der Waals surface area contributed by atoms with Crippen molar-refractivity contribution in [2.45, 2.75) is 69.4 Å². The molecule has 3 aromatic rings. The summed E-state index contributed by atoms with van der Waals surface area (Å²) in [7, 11) is 0.392. The predicted octanol–water partition coefficient (Wildman–Crippen LogP) is 4.66. The third-order valence-electron chi connectivity index (χ3n) is 7.10. The highest BCUT2D eigenvalue weighted by Gasteiger charge is 2.25. The average Bonchev–Trinajstić information content (AvgIpc) is 2.93. The summed E-state index contributed by atoms with van der Waals surface area (Å²) >= 11 is 0. The zero-order valence-corrected chi connectivity index (χ0v) is 24.2. The Bertz CT molecular complexity index is 1360. The number of carbonyl (C=O) groups excluding carboxylic acids is 1. The molecule has 1 aliphatic carbocycles. The summed E-state index contributed by atoms with van der Waals surface area (Å²) in [5, 5.41) is 7.64. The van der Waals surface area contributed by atoms with Crippen LogP contribution in [0.3, 0.4) is 0 Å². The zero-order chi connectivity index (χ0) is 28.0. The zero-order valence-electron chi connectivity index (χ0n) is 23.4. The molecule has 0 atom stereocenters. The summed E-state index contributed by atoms with van der Waals surface area (Å²) in [6, 6.07) is 14.6. The first kappa shape index (κ1) is 28.8. The molecule has 0 aliphatic heterocycles. The lowest BCUT2D eigenvalue weighted by atomic mass is 9.91. The second-order valence-electron chi connectivity index (χ2n) is 10.4. The molecule has 0 radical (unpaired) electrons. The van der Waals surface area contributed by atoms with E-state index >= 15 is 0 Å². The Morgan fingerprint density at radius 3 is 2.13 bits per heavy atom. The van der Waals surface area contributed by atoms with Crippen LogP contribution in [0, 0.1) is 0 Å². The number of nitrogens with one attached hydrogen (secondary N) is 2. The van der Waals surface area contributed by atoms with Gasteiger partial charge in [-0.15, -0.1) is 0 Å². The number of aromatic nitrogens is 2. The van der Waals surface area contributed by atoms with E-state index < -0.39 is 10.0 Å². The number of para-hydroxylation sites is 1. The van der Waals surface area contributed by atoms with Crippen molar-refractivity contribution in [3.05, 3.63) is 54.1 Å². The van der Waals surface area contributed by atoms with Gasteiger partial charge in [-0.05, 0) is 74.9 Å². The number of fused-ring (bicyclic) bond motifs is 1. The molecule has 10 heteroatoms. The van der Waals surface area contributed by atoms with E-state index in [1.165, 1.54) is 16.4 Å². The molecule has 39 heavy (non-hydrogen) atoms. The van der Waals surface area contributed by atoms with Crippen molar-refractivity contribution < 1.29 is 13.2 Å². The number of rotatable bonds is 11. The predicted molar refractivity (Wildman–Crippen MR) is 157 cm³/mol. The van der Waals surface area contributed by atoms with Gasteiger partial charge in [-0.2, -0.15) is 9.29 Å². The van der Waals surface area contributed by atoms with Crippen LogP contribution in [0.2, 0.25) is 0 Å². The number of nitrogens with zero attached hydrogens (tertiary/aromatic N) is 4. The molecule has 4 rings (SSSR count). The molecule has 1 fully saturated rings. The summed E-state index contributed by atoms with van der Waals surface area (Å²) in [5.74, 6) is 1.32. The smallest absolute Gasteiger partial charge is 0.251 e. The molecule has 2 N–H and O–H groups in total. The van der Waals surface area contributed by atoms with Crippen LogP contribution in [0.5, 0.6) is 0 Å². The van der Waals surface area contributed by atoms with E-state index in [-0.39, 0.29) is 22.9 Å². The minimum absolute atomic E-state index is 0.0680. The quantitative estimate of drug-likeness (QED) is 0.356. The topological polar surface area (TPSA) is 108 Å². The first-order chi connectivity index (χ1) is 18.7. The highest BCUT2D eigenvalue weighted by molar-refractivity contribution is 7.89. The molecule has 1 heterocycles. The number of benzene rings is 2. The first-order valence-electron chi connectivity index (χ1n) is 13.8. The minimum Gasteiger partial charge on any atom is -0.362 e. The van der Waals surface area contributed by atoms with Crippen molar-refractivity contribution in [2.75, 3.05) is 37.4 Å². The molecule has 1 aliphatic rings. The Balaban J connectivity index is 1.33. The third-order valence-corrected chi connectivity index (χ3v) is 9.02. The lowest BCUT2D eigenvalue weighted by molar-refractivity contribution is 0.0926. The lowest BCUT2D eigenvalue weighted by Crippen LogP contribution is -2.40. The Morgan fingerprint density at radius 2 is 1.51 bits per heavy atom. The van der Waals surface area contributed by atoms with Gasteiger partial charge in [0, 0.05) is 50.2 Å². The summed E-state index contributed by atoms with van der Waals surface area (Å²) in [5.41, 5.74) is 1.37. The maximum Gasteiger partial charge on any atom is 0.251 e. The van der Waals surface area contributed by atoms with Crippen LogP contribution in [-0.2, 0) is 10.0 Å². The summed E-state index contributed by atoms with van der Waals surface area (Å²) in [6.45, 7) is 4.90. The number of sulfonamides is 1. The molecule has 9 nitrogen and oxygen atoms in total. The monoisotopic (exact) mass is 552 g/mol. The van der Waals surface area contributed by atoms with Gasteiger partial charge in [-0.1, -0.05) is 26.0 Å². The number of carbonyl (C=O) groups is 1. The van der Waals surface area contributed by atoms with Crippen molar-refractivity contribution in [3.8, 4) is 0 Å². The fourth-order valence-corrected chi connectivity index (χ4v) is 6.70. The molecule has 0 bridgehead atoms. The van der Waals surface area contributed by atoms with E-state index in [0.29, 0.717) is 24.6 Å². The fourth-order valence-electron chi connectivity index (χ4n) is 5.08. The Labute approximate surface area is 232 Å². The molecule has 0 spiro atoms. The van der Waals surface area contributed by atoms with Crippen LogP contribution in [0.4, 0.5) is 11.8 Å². The van der Waals surface area contributed by atoms with Crippen molar-refractivity contribution >= 4 is 38.6 Å². The van der Waals surface area contributed by atoms with Gasteiger partial charge in [0.05, 0.1) is 10.4 Å². The first-order valence-corrected chi connectivity index (χ1v) is 15.3. The molecular formula is C29H40N6O3S. The van der Waals surface area contributed by atoms with Crippen molar-refractivity contribution in [1.29, 1.82) is 0 Å². The maximum atomic E-state index is 13.0. The largest absolute Gasteiger partial charge is 0.362 e. The van der Waals surface area contributed by atoms with Crippen LogP contribution in [0.25, 0.3) is 10.9 Å². The SMILES string of the molecule is CCCN(CCC)S(=O)(=O)c1ccc(C(=O)N[C@H]2CC[C@@H](Nc3nc(N(C)C)c4ccccc4n3)CC2)cc1. The van der Waals surface area contributed by atoms with E-state index in [0.717, 1.165) is 55.2 Å². The van der Waals surface area contributed by atoms with Crippen LogP contribution in [0.1, 0.15) is 62.7 Å². The molecule has 0 unspecified atom stereocenters. The highest BCUT2D eigenvalue weighted by Crippen LogP contribution is 2.26. The standard InChI is InChI=1S/C29H40N6O3S/c1-5-19-35(20-6-2)39(37,38)24-17-11-21(12-18-24)28(36)30-22-13-15-23(16-14-22)31-29-32-26-10-8-7-9-25(26)27(33-29)34(3)4/h7-12,17-18,22-23H,5-6,13-16,19-20H2,1-4H3,(H,30,36)(H,31,32,33)/t22-,23+. The summed E-state index contributed by atoms with van der Waals surface area (Å²) in [6.07, 6.45) is 4.97.